The molecule has 0 amide bonds. The molecule has 140 valence electrons. The van der Waals surface area contributed by atoms with Crippen LogP contribution in [0, 0.1) is 11.6 Å². The summed E-state index contributed by atoms with van der Waals surface area (Å²) in [5, 5.41) is 5.51. The number of guanidine groups is 1. The van der Waals surface area contributed by atoms with E-state index < -0.39 is 29.6 Å². The van der Waals surface area contributed by atoms with Gasteiger partial charge in [-0.25, -0.2) is 8.78 Å². The Labute approximate surface area is 143 Å². The maximum Gasteiger partial charge on any atom is 0.390 e. The van der Waals surface area contributed by atoms with Crippen LogP contribution >= 0.6 is 0 Å². The SMILES string of the molecule is CN=C(NCCC(F)(F)F)NCC1(c2c(F)cccc2F)CCCC1. The summed E-state index contributed by atoms with van der Waals surface area (Å²) in [6.07, 6.45) is -2.34. The zero-order valence-corrected chi connectivity index (χ0v) is 14.0. The minimum absolute atomic E-state index is 0.0470. The van der Waals surface area contributed by atoms with Gasteiger partial charge in [-0.2, -0.15) is 13.2 Å². The van der Waals surface area contributed by atoms with Crippen LogP contribution in [0.25, 0.3) is 0 Å². The number of halogens is 5. The summed E-state index contributed by atoms with van der Waals surface area (Å²) in [6, 6.07) is 3.78. The molecule has 8 heteroatoms. The van der Waals surface area contributed by atoms with Gasteiger partial charge in [0, 0.05) is 31.1 Å². The fourth-order valence-electron chi connectivity index (χ4n) is 3.37. The van der Waals surface area contributed by atoms with Gasteiger partial charge < -0.3 is 10.6 Å². The number of hydrogen-bond acceptors (Lipinski definition) is 1. The Morgan fingerprint density at radius 3 is 2.24 bits per heavy atom. The normalized spacial score (nSPS) is 17.6. The van der Waals surface area contributed by atoms with Crippen LogP contribution in [0.3, 0.4) is 0 Å². The highest BCUT2D eigenvalue weighted by molar-refractivity contribution is 5.79. The Bertz CT molecular complexity index is 587. The molecule has 0 radical (unpaired) electrons. The fourth-order valence-corrected chi connectivity index (χ4v) is 3.37. The Morgan fingerprint density at radius 2 is 1.72 bits per heavy atom. The zero-order chi connectivity index (χ0) is 18.5. The van der Waals surface area contributed by atoms with Crippen LogP contribution in [0.15, 0.2) is 23.2 Å². The van der Waals surface area contributed by atoms with E-state index in [1.54, 1.807) is 0 Å². The molecule has 1 saturated carbocycles. The molecule has 1 aliphatic carbocycles. The number of hydrogen-bond donors (Lipinski definition) is 2. The summed E-state index contributed by atoms with van der Waals surface area (Å²) in [7, 11) is 1.44. The van der Waals surface area contributed by atoms with Gasteiger partial charge in [-0.1, -0.05) is 18.9 Å². The highest BCUT2D eigenvalue weighted by Crippen LogP contribution is 2.42. The molecule has 25 heavy (non-hydrogen) atoms. The molecule has 1 fully saturated rings. The summed E-state index contributed by atoms with van der Waals surface area (Å²) < 4.78 is 65.2. The Hall–Kier alpha value is -1.86. The lowest BCUT2D eigenvalue weighted by Crippen LogP contribution is -2.46. The van der Waals surface area contributed by atoms with Crippen molar-refractivity contribution in [3.63, 3.8) is 0 Å². The molecule has 3 nitrogen and oxygen atoms in total. The molecule has 0 unspecified atom stereocenters. The van der Waals surface area contributed by atoms with Crippen molar-refractivity contribution in [1.29, 1.82) is 0 Å². The number of nitrogens with zero attached hydrogens (tertiary/aromatic N) is 1. The van der Waals surface area contributed by atoms with Crippen LogP contribution in [0.2, 0.25) is 0 Å². The molecule has 1 aromatic rings. The first kappa shape index (κ1) is 19.5. The predicted octanol–water partition coefficient (Wildman–Crippen LogP) is 3.89. The number of benzene rings is 1. The van der Waals surface area contributed by atoms with Gasteiger partial charge in [-0.05, 0) is 25.0 Å². The van der Waals surface area contributed by atoms with E-state index in [0.29, 0.717) is 12.8 Å². The van der Waals surface area contributed by atoms with E-state index in [4.69, 9.17) is 0 Å². The molecule has 2 rings (SSSR count). The lowest BCUT2D eigenvalue weighted by atomic mass is 9.78. The van der Waals surface area contributed by atoms with Gasteiger partial charge in [-0.3, -0.25) is 4.99 Å². The van der Waals surface area contributed by atoms with E-state index in [-0.39, 0.29) is 24.6 Å². The van der Waals surface area contributed by atoms with E-state index >= 15 is 0 Å². The smallest absolute Gasteiger partial charge is 0.356 e. The number of rotatable bonds is 5. The average Bonchev–Trinajstić information content (AvgIpc) is 2.99. The maximum absolute atomic E-state index is 14.2. The summed E-state index contributed by atoms with van der Waals surface area (Å²) >= 11 is 0. The molecular formula is C17H22F5N3. The van der Waals surface area contributed by atoms with Crippen molar-refractivity contribution in [3.8, 4) is 0 Å². The third-order valence-corrected chi connectivity index (χ3v) is 4.57. The first-order chi connectivity index (χ1) is 11.8. The van der Waals surface area contributed by atoms with E-state index in [1.165, 1.54) is 25.2 Å². The van der Waals surface area contributed by atoms with Gasteiger partial charge >= 0.3 is 6.18 Å². The molecule has 2 N–H and O–H groups in total. The fraction of sp³-hybridized carbons (Fsp3) is 0.588. The van der Waals surface area contributed by atoms with Crippen LogP contribution in [-0.4, -0.2) is 32.3 Å². The van der Waals surface area contributed by atoms with Crippen LogP contribution in [-0.2, 0) is 5.41 Å². The lowest BCUT2D eigenvalue weighted by molar-refractivity contribution is -0.132. The largest absolute Gasteiger partial charge is 0.390 e. The highest BCUT2D eigenvalue weighted by Gasteiger charge is 2.40. The van der Waals surface area contributed by atoms with Crippen molar-refractivity contribution < 1.29 is 22.0 Å². The van der Waals surface area contributed by atoms with E-state index in [1.807, 2.05) is 0 Å². The minimum atomic E-state index is -4.26. The third kappa shape index (κ3) is 5.06. The zero-order valence-electron chi connectivity index (χ0n) is 14.0. The van der Waals surface area contributed by atoms with Crippen molar-refractivity contribution in [2.75, 3.05) is 20.1 Å². The Kier molecular flexibility index (Phi) is 6.24. The van der Waals surface area contributed by atoms with Crippen LogP contribution < -0.4 is 10.6 Å². The molecule has 0 atom stereocenters. The summed E-state index contributed by atoms with van der Waals surface area (Å²) in [5.41, 5.74) is -0.678. The number of aliphatic imine (C=N–C) groups is 1. The standard InChI is InChI=1S/C17H22F5N3/c1-23-15(24-10-9-17(20,21)22)25-11-16(7-2-3-8-16)14-12(18)5-4-6-13(14)19/h4-6H,2-3,7-11H2,1H3,(H2,23,24,25). The van der Waals surface area contributed by atoms with E-state index in [0.717, 1.165) is 12.8 Å². The first-order valence-electron chi connectivity index (χ1n) is 8.23. The molecule has 1 aromatic carbocycles. The predicted molar refractivity (Wildman–Crippen MR) is 86.5 cm³/mol. The van der Waals surface area contributed by atoms with Crippen LogP contribution in [0.1, 0.15) is 37.7 Å². The molecule has 0 saturated heterocycles. The summed E-state index contributed by atoms with van der Waals surface area (Å²) in [4.78, 5) is 3.88. The van der Waals surface area contributed by atoms with E-state index in [9.17, 15) is 22.0 Å². The van der Waals surface area contributed by atoms with E-state index in [2.05, 4.69) is 15.6 Å². The van der Waals surface area contributed by atoms with Crippen molar-refractivity contribution >= 4 is 5.96 Å². The Balaban J connectivity index is 2.07. The van der Waals surface area contributed by atoms with Crippen molar-refractivity contribution in [1.82, 2.24) is 10.6 Å². The third-order valence-electron chi connectivity index (χ3n) is 4.57. The highest BCUT2D eigenvalue weighted by atomic mass is 19.4. The molecule has 0 aliphatic heterocycles. The van der Waals surface area contributed by atoms with Crippen LogP contribution in [0.4, 0.5) is 22.0 Å². The monoisotopic (exact) mass is 363 g/mol. The minimum Gasteiger partial charge on any atom is -0.356 e. The maximum atomic E-state index is 14.2. The summed E-state index contributed by atoms with van der Waals surface area (Å²) in [5.74, 6) is -1.00. The quantitative estimate of drug-likeness (QED) is 0.473. The van der Waals surface area contributed by atoms with Gasteiger partial charge in [0.05, 0.1) is 6.42 Å². The van der Waals surface area contributed by atoms with Gasteiger partial charge in [0.15, 0.2) is 5.96 Å². The lowest BCUT2D eigenvalue weighted by Gasteiger charge is -2.31. The van der Waals surface area contributed by atoms with Crippen molar-refractivity contribution in [3.05, 3.63) is 35.4 Å². The first-order valence-corrected chi connectivity index (χ1v) is 8.23. The average molecular weight is 363 g/mol. The van der Waals surface area contributed by atoms with Gasteiger partial charge in [0.2, 0.25) is 0 Å². The topological polar surface area (TPSA) is 36.4 Å². The second-order valence-electron chi connectivity index (χ2n) is 6.30. The molecule has 0 bridgehead atoms. The van der Waals surface area contributed by atoms with Gasteiger partial charge in [0.1, 0.15) is 11.6 Å². The van der Waals surface area contributed by atoms with Gasteiger partial charge in [0.25, 0.3) is 0 Å². The Morgan fingerprint density at radius 1 is 1.12 bits per heavy atom. The molecule has 1 aliphatic rings. The number of alkyl halides is 3. The van der Waals surface area contributed by atoms with Crippen LogP contribution in [0.5, 0.6) is 0 Å². The van der Waals surface area contributed by atoms with Crippen molar-refractivity contribution in [2.45, 2.75) is 43.7 Å². The number of nitrogens with one attached hydrogen (secondary N) is 2. The molecule has 0 aromatic heterocycles. The molecule has 0 heterocycles. The van der Waals surface area contributed by atoms with Gasteiger partial charge in [-0.15, -0.1) is 0 Å². The molecular weight excluding hydrogens is 341 g/mol. The second kappa shape index (κ2) is 8.01. The summed E-state index contributed by atoms with van der Waals surface area (Å²) in [6.45, 7) is -0.110. The van der Waals surface area contributed by atoms with Crippen molar-refractivity contribution in [2.24, 2.45) is 4.99 Å². The molecule has 0 spiro atoms. The second-order valence-corrected chi connectivity index (χ2v) is 6.30.